The highest BCUT2D eigenvalue weighted by Gasteiger charge is 2.28. The zero-order chi connectivity index (χ0) is 13.8. The summed E-state index contributed by atoms with van der Waals surface area (Å²) in [6.45, 7) is 1.53. The van der Waals surface area contributed by atoms with Gasteiger partial charge in [-0.25, -0.2) is 0 Å². The maximum atomic E-state index is 11.9. The highest BCUT2D eigenvalue weighted by molar-refractivity contribution is 6.31. The Labute approximate surface area is 118 Å². The van der Waals surface area contributed by atoms with E-state index < -0.39 is 0 Å². The van der Waals surface area contributed by atoms with E-state index in [1.165, 1.54) is 0 Å². The van der Waals surface area contributed by atoms with Gasteiger partial charge in [0, 0.05) is 29.9 Å². The first-order chi connectivity index (χ1) is 9.13. The van der Waals surface area contributed by atoms with Crippen molar-refractivity contribution in [3.05, 3.63) is 28.8 Å². The zero-order valence-corrected chi connectivity index (χ0v) is 11.9. The monoisotopic (exact) mass is 281 g/mol. The molecule has 1 atom stereocenters. The van der Waals surface area contributed by atoms with Gasteiger partial charge in [-0.05, 0) is 31.5 Å². The molecule has 104 valence electrons. The van der Waals surface area contributed by atoms with Gasteiger partial charge in [-0.15, -0.1) is 0 Å². The Bertz CT molecular complexity index is 444. The molecule has 2 rings (SSSR count). The molecule has 0 aliphatic carbocycles. The topological polar surface area (TPSA) is 58.4 Å². The fourth-order valence-electron chi connectivity index (χ4n) is 2.59. The van der Waals surface area contributed by atoms with Crippen molar-refractivity contribution in [2.75, 3.05) is 19.3 Å². The maximum absolute atomic E-state index is 11.9. The van der Waals surface area contributed by atoms with Gasteiger partial charge in [0.2, 0.25) is 5.91 Å². The number of rotatable bonds is 3. The second-order valence-corrected chi connectivity index (χ2v) is 5.31. The number of hydrogen-bond acceptors (Lipinski definition) is 3. The van der Waals surface area contributed by atoms with Gasteiger partial charge in [-0.1, -0.05) is 24.1 Å². The Balaban J connectivity index is 2.18. The number of carbonyl (C=O) groups excluding carboxylic acids is 1. The fraction of sp³-hybridized carbons (Fsp3) is 0.500. The molecule has 0 spiro atoms. The van der Waals surface area contributed by atoms with Gasteiger partial charge < -0.3 is 11.1 Å². The van der Waals surface area contributed by atoms with Crippen LogP contribution in [0.2, 0.25) is 5.02 Å². The molecule has 5 heteroatoms. The molecule has 1 heterocycles. The average Bonchev–Trinajstić information content (AvgIpc) is 2.42. The molecule has 1 aromatic carbocycles. The van der Waals surface area contributed by atoms with Crippen LogP contribution in [0.15, 0.2) is 18.2 Å². The van der Waals surface area contributed by atoms with E-state index in [0.29, 0.717) is 17.3 Å². The van der Waals surface area contributed by atoms with Crippen molar-refractivity contribution in [3.63, 3.8) is 0 Å². The van der Waals surface area contributed by atoms with Gasteiger partial charge in [0.05, 0.1) is 6.04 Å². The lowest BCUT2D eigenvalue weighted by Crippen LogP contribution is -2.48. The van der Waals surface area contributed by atoms with Crippen molar-refractivity contribution in [2.45, 2.75) is 31.8 Å². The van der Waals surface area contributed by atoms with Crippen LogP contribution in [0.1, 0.15) is 24.8 Å². The number of nitrogens with two attached hydrogens (primary N) is 1. The number of amides is 1. The summed E-state index contributed by atoms with van der Waals surface area (Å²) in [5.41, 5.74) is 7.59. The molecule has 0 saturated carbocycles. The van der Waals surface area contributed by atoms with Gasteiger partial charge >= 0.3 is 0 Å². The lowest BCUT2D eigenvalue weighted by molar-refractivity contribution is -0.127. The molecule has 1 saturated heterocycles. The van der Waals surface area contributed by atoms with E-state index in [9.17, 15) is 4.79 Å². The number of piperidine rings is 1. The van der Waals surface area contributed by atoms with Crippen LogP contribution in [-0.4, -0.2) is 30.4 Å². The van der Waals surface area contributed by atoms with E-state index in [1.807, 2.05) is 18.2 Å². The lowest BCUT2D eigenvalue weighted by Gasteiger charge is -2.34. The minimum atomic E-state index is -0.0746. The summed E-state index contributed by atoms with van der Waals surface area (Å²) in [5, 5.41) is 3.40. The SMILES string of the molecule is CNC(=O)C1CCCCN1Cc1c(N)cccc1Cl. The molecule has 0 radical (unpaired) electrons. The lowest BCUT2D eigenvalue weighted by atomic mass is 10.00. The molecule has 19 heavy (non-hydrogen) atoms. The van der Waals surface area contributed by atoms with Crippen molar-refractivity contribution in [1.29, 1.82) is 0 Å². The molecule has 3 N–H and O–H groups in total. The Morgan fingerprint density at radius 3 is 3.00 bits per heavy atom. The van der Waals surface area contributed by atoms with E-state index in [1.54, 1.807) is 7.05 Å². The number of likely N-dealkylation sites (N-methyl/N-ethyl adjacent to an activating group) is 1. The van der Waals surface area contributed by atoms with E-state index in [2.05, 4.69) is 10.2 Å². The van der Waals surface area contributed by atoms with E-state index in [4.69, 9.17) is 17.3 Å². The molecule has 4 nitrogen and oxygen atoms in total. The molecule has 1 aromatic rings. The molecular formula is C14H20ClN3O. The zero-order valence-electron chi connectivity index (χ0n) is 11.2. The first-order valence-electron chi connectivity index (χ1n) is 6.62. The van der Waals surface area contributed by atoms with Gasteiger partial charge in [0.25, 0.3) is 0 Å². The average molecular weight is 282 g/mol. The number of nitrogens with one attached hydrogen (secondary N) is 1. The van der Waals surface area contributed by atoms with Crippen molar-refractivity contribution in [1.82, 2.24) is 10.2 Å². The summed E-state index contributed by atoms with van der Waals surface area (Å²) in [6.07, 6.45) is 3.09. The number of carbonyl (C=O) groups is 1. The van der Waals surface area contributed by atoms with Crippen LogP contribution < -0.4 is 11.1 Å². The van der Waals surface area contributed by atoms with Crippen molar-refractivity contribution in [2.24, 2.45) is 0 Å². The first kappa shape index (κ1) is 14.2. The third-order valence-corrected chi connectivity index (χ3v) is 4.03. The van der Waals surface area contributed by atoms with Crippen molar-refractivity contribution in [3.8, 4) is 0 Å². The van der Waals surface area contributed by atoms with Crippen LogP contribution in [0, 0.1) is 0 Å². The van der Waals surface area contributed by atoms with E-state index in [0.717, 1.165) is 31.4 Å². The third kappa shape index (κ3) is 3.19. The molecule has 1 aliphatic heterocycles. The fourth-order valence-corrected chi connectivity index (χ4v) is 2.83. The highest BCUT2D eigenvalue weighted by atomic mass is 35.5. The van der Waals surface area contributed by atoms with E-state index >= 15 is 0 Å². The van der Waals surface area contributed by atoms with Crippen LogP contribution >= 0.6 is 11.6 Å². The maximum Gasteiger partial charge on any atom is 0.237 e. The van der Waals surface area contributed by atoms with Gasteiger partial charge in [-0.3, -0.25) is 9.69 Å². The molecular weight excluding hydrogens is 262 g/mol. The summed E-state index contributed by atoms with van der Waals surface area (Å²) < 4.78 is 0. The molecule has 0 aromatic heterocycles. The van der Waals surface area contributed by atoms with Crippen molar-refractivity contribution >= 4 is 23.2 Å². The standard InChI is InChI=1S/C14H20ClN3O/c1-17-14(19)13-7-2-3-8-18(13)9-10-11(15)5-4-6-12(10)16/h4-6,13H,2-3,7-9,16H2,1H3,(H,17,19). The van der Waals surface area contributed by atoms with Crippen LogP contribution in [0.3, 0.4) is 0 Å². The Hall–Kier alpha value is -1.26. The number of anilines is 1. The van der Waals surface area contributed by atoms with Crippen LogP contribution in [0.4, 0.5) is 5.69 Å². The molecule has 1 fully saturated rings. The Kier molecular flexibility index (Phi) is 4.66. The summed E-state index contributed by atoms with van der Waals surface area (Å²) in [5.74, 6) is 0.0744. The minimum absolute atomic E-state index is 0.0744. The number of nitrogens with zero attached hydrogens (tertiary/aromatic N) is 1. The van der Waals surface area contributed by atoms with Gasteiger partial charge in [0.15, 0.2) is 0 Å². The minimum Gasteiger partial charge on any atom is -0.398 e. The number of nitrogen functional groups attached to an aromatic ring is 1. The Morgan fingerprint density at radius 1 is 1.53 bits per heavy atom. The second-order valence-electron chi connectivity index (χ2n) is 4.90. The summed E-state index contributed by atoms with van der Waals surface area (Å²) in [7, 11) is 1.68. The summed E-state index contributed by atoms with van der Waals surface area (Å²) in [4.78, 5) is 14.1. The smallest absolute Gasteiger partial charge is 0.237 e. The predicted octanol–water partition coefficient (Wildman–Crippen LogP) is 2.02. The summed E-state index contributed by atoms with van der Waals surface area (Å²) >= 11 is 6.20. The van der Waals surface area contributed by atoms with Crippen LogP contribution in [-0.2, 0) is 11.3 Å². The number of hydrogen-bond donors (Lipinski definition) is 2. The van der Waals surface area contributed by atoms with E-state index in [-0.39, 0.29) is 11.9 Å². The third-order valence-electron chi connectivity index (χ3n) is 3.68. The first-order valence-corrected chi connectivity index (χ1v) is 6.99. The number of benzene rings is 1. The number of halogens is 1. The highest BCUT2D eigenvalue weighted by Crippen LogP contribution is 2.27. The van der Waals surface area contributed by atoms with Gasteiger partial charge in [0.1, 0.15) is 0 Å². The van der Waals surface area contributed by atoms with Crippen LogP contribution in [0.25, 0.3) is 0 Å². The predicted molar refractivity (Wildman–Crippen MR) is 78.0 cm³/mol. The largest absolute Gasteiger partial charge is 0.398 e. The molecule has 1 aliphatic rings. The molecule has 1 amide bonds. The van der Waals surface area contributed by atoms with Crippen molar-refractivity contribution < 1.29 is 4.79 Å². The normalized spacial score (nSPS) is 20.2. The summed E-state index contributed by atoms with van der Waals surface area (Å²) in [6, 6.07) is 5.45. The quantitative estimate of drug-likeness (QED) is 0.834. The Morgan fingerprint density at radius 2 is 2.32 bits per heavy atom. The van der Waals surface area contributed by atoms with Gasteiger partial charge in [-0.2, -0.15) is 0 Å². The number of likely N-dealkylation sites (tertiary alicyclic amines) is 1. The molecule has 0 bridgehead atoms. The second kappa shape index (κ2) is 6.26. The molecule has 1 unspecified atom stereocenters. The van der Waals surface area contributed by atoms with Crippen LogP contribution in [0.5, 0.6) is 0 Å².